The number of rotatable bonds is 1. The molecule has 0 saturated carbocycles. The van der Waals surface area contributed by atoms with Gasteiger partial charge in [-0.15, -0.1) is 41.4 Å². The quantitative estimate of drug-likeness (QED) is 0.392. The zero-order valence-corrected chi connectivity index (χ0v) is 20.4. The summed E-state index contributed by atoms with van der Waals surface area (Å²) < 4.78 is 0. The molecule has 0 fully saturated rings. The van der Waals surface area contributed by atoms with Gasteiger partial charge in [-0.05, 0) is 24.1 Å². The Morgan fingerprint density at radius 1 is 1.08 bits per heavy atom. The van der Waals surface area contributed by atoms with Gasteiger partial charge in [-0.2, -0.15) is 17.5 Å². The maximum Gasteiger partial charge on any atom is 3.00 e. The van der Waals surface area contributed by atoms with E-state index in [4.69, 9.17) is 0 Å². The van der Waals surface area contributed by atoms with Crippen molar-refractivity contribution in [2.75, 3.05) is 0 Å². The minimum absolute atomic E-state index is 0. The number of fused-ring (bicyclic) bond motifs is 2. The average molecular weight is 484 g/mol. The Morgan fingerprint density at radius 3 is 2.44 bits per heavy atom. The number of hydrogen-bond acceptors (Lipinski definition) is 1. The molecule has 1 aliphatic carbocycles. The molecule has 129 valence electrons. The van der Waals surface area contributed by atoms with E-state index in [1.165, 1.54) is 26.8 Å². The average Bonchev–Trinajstić information content (AvgIpc) is 3.12. The van der Waals surface area contributed by atoms with E-state index in [2.05, 4.69) is 86.4 Å². The molecule has 4 rings (SSSR count). The van der Waals surface area contributed by atoms with Gasteiger partial charge in [-0.1, -0.05) is 37.0 Å². The van der Waals surface area contributed by atoms with Crippen LogP contribution in [0.2, 0.25) is 13.1 Å². The second-order valence-electron chi connectivity index (χ2n) is 6.00. The van der Waals surface area contributed by atoms with Crippen LogP contribution < -0.4 is 24.8 Å². The smallest absolute Gasteiger partial charge is 1.00 e. The minimum atomic E-state index is -0.200. The Balaban J connectivity index is 0.000000430. The van der Waals surface area contributed by atoms with Crippen LogP contribution in [0.4, 0.5) is 0 Å². The van der Waals surface area contributed by atoms with E-state index in [0.29, 0.717) is 5.25 Å². The van der Waals surface area contributed by atoms with Crippen molar-refractivity contribution in [3.8, 4) is 0 Å². The van der Waals surface area contributed by atoms with Crippen molar-refractivity contribution < 1.29 is 51.0 Å². The third-order valence-electron chi connectivity index (χ3n) is 3.68. The Bertz CT molecular complexity index is 784. The van der Waals surface area contributed by atoms with Gasteiger partial charge in [-0.25, -0.2) is 0 Å². The van der Waals surface area contributed by atoms with Gasteiger partial charge in [0.1, 0.15) is 0 Å². The molecule has 25 heavy (non-hydrogen) atoms. The van der Waals surface area contributed by atoms with E-state index in [-0.39, 0.29) is 59.4 Å². The van der Waals surface area contributed by atoms with Crippen LogP contribution in [-0.4, -0.2) is 19.3 Å². The van der Waals surface area contributed by atoms with Gasteiger partial charge in [-0.3, -0.25) is 0 Å². The summed E-state index contributed by atoms with van der Waals surface area (Å²) in [5.41, 5.74) is 5.35. The van der Waals surface area contributed by atoms with Crippen molar-refractivity contribution in [2.24, 2.45) is 0 Å². The molecule has 1 atom stereocenters. The SMILES string of the molecule is CC1=CC2=CC(C=[Si](C)C)SC2=C1.[Cl-].[Cl-].[Zr+3].c1ccc2[cH-]ccc2c1. The predicted octanol–water partition coefficient (Wildman–Crippen LogP) is -0.425. The summed E-state index contributed by atoms with van der Waals surface area (Å²) in [6.07, 6.45) is 6.97. The first-order valence-electron chi connectivity index (χ1n) is 7.66. The maximum atomic E-state index is 2.50. The Morgan fingerprint density at radius 2 is 1.80 bits per heavy atom. The molecule has 0 bridgehead atoms. The third kappa shape index (κ3) is 6.88. The molecule has 0 aromatic heterocycles. The monoisotopic (exact) mass is 481 g/mol. The van der Waals surface area contributed by atoms with Crippen LogP contribution in [0.25, 0.3) is 10.8 Å². The molecule has 1 unspecified atom stereocenters. The molecule has 2 aliphatic rings. The summed E-state index contributed by atoms with van der Waals surface area (Å²) >= 11 is 2.00. The Kier molecular flexibility index (Phi) is 11.6. The van der Waals surface area contributed by atoms with Crippen LogP contribution >= 0.6 is 11.8 Å². The van der Waals surface area contributed by atoms with Gasteiger partial charge in [0, 0.05) is 18.6 Å². The Hall–Kier alpha value is -0.0500. The van der Waals surface area contributed by atoms with Gasteiger partial charge in [0.15, 0.2) is 0 Å². The first kappa shape index (κ1) is 24.9. The topological polar surface area (TPSA) is 0 Å². The van der Waals surface area contributed by atoms with Crippen molar-refractivity contribution in [1.29, 1.82) is 0 Å². The van der Waals surface area contributed by atoms with Gasteiger partial charge >= 0.3 is 26.2 Å². The minimum Gasteiger partial charge on any atom is -1.00 e. The van der Waals surface area contributed by atoms with Crippen LogP contribution in [0, 0.1) is 0 Å². The van der Waals surface area contributed by atoms with Crippen LogP contribution in [0.5, 0.6) is 0 Å². The molecular weight excluding hydrogens is 463 g/mol. The first-order valence-corrected chi connectivity index (χ1v) is 11.1. The molecular formula is C20H21Cl2SSiZr. The maximum absolute atomic E-state index is 2.50. The summed E-state index contributed by atoms with van der Waals surface area (Å²) in [5.74, 6) is 0. The van der Waals surface area contributed by atoms with Gasteiger partial charge < -0.3 is 24.8 Å². The molecule has 0 amide bonds. The standard InChI is InChI=1S/C11H14SSi.C9H7.2ClH.Zr/c1-8-4-9-6-10(7-13(2)3)12-11(9)5-8;1-2-5-9-7-3-6-8(9)4-1;;;/h4-7,10H,1-3H3;1-7H;2*1H;/q;-1;;;+3/p-2. The molecule has 0 spiro atoms. The van der Waals surface area contributed by atoms with Gasteiger partial charge in [0.2, 0.25) is 0 Å². The summed E-state index contributed by atoms with van der Waals surface area (Å²) in [5, 5.41) is 3.31. The van der Waals surface area contributed by atoms with Crippen molar-refractivity contribution in [1.82, 2.24) is 0 Å². The zero-order chi connectivity index (χ0) is 15.5. The van der Waals surface area contributed by atoms with E-state index >= 15 is 0 Å². The first-order chi connectivity index (χ1) is 10.6. The number of allylic oxidation sites excluding steroid dienone is 4. The summed E-state index contributed by atoms with van der Waals surface area (Å²) in [4.78, 5) is 1.47. The van der Waals surface area contributed by atoms with Crippen molar-refractivity contribution >= 4 is 36.6 Å². The number of thioether (sulfide) groups is 1. The number of hydrogen-bond donors (Lipinski definition) is 0. The van der Waals surface area contributed by atoms with E-state index in [0.717, 1.165) is 0 Å². The number of halogens is 2. The largest absolute Gasteiger partial charge is 3.00 e. The van der Waals surface area contributed by atoms with Crippen molar-refractivity contribution in [3.63, 3.8) is 0 Å². The van der Waals surface area contributed by atoms with E-state index < -0.39 is 0 Å². The van der Waals surface area contributed by atoms with E-state index in [1.807, 2.05) is 11.8 Å². The fourth-order valence-electron chi connectivity index (χ4n) is 2.72. The molecule has 1 aliphatic heterocycles. The van der Waals surface area contributed by atoms with Crippen molar-refractivity contribution in [2.45, 2.75) is 25.3 Å². The van der Waals surface area contributed by atoms with Gasteiger partial charge in [0.25, 0.3) is 0 Å². The van der Waals surface area contributed by atoms with Crippen molar-refractivity contribution in [3.05, 3.63) is 76.7 Å². The second kappa shape index (κ2) is 11.6. The molecule has 0 saturated heterocycles. The molecule has 0 nitrogen and oxygen atoms in total. The van der Waals surface area contributed by atoms with Crippen LogP contribution in [0.15, 0.2) is 76.7 Å². The fourth-order valence-corrected chi connectivity index (χ4v) is 5.59. The second-order valence-corrected chi connectivity index (χ2v) is 9.71. The normalized spacial score (nSPS) is 16.6. The summed E-state index contributed by atoms with van der Waals surface area (Å²) in [7, 11) is -0.200. The van der Waals surface area contributed by atoms with Gasteiger partial charge in [0.05, 0.1) is 0 Å². The van der Waals surface area contributed by atoms with Crippen LogP contribution in [0.3, 0.4) is 0 Å². The van der Waals surface area contributed by atoms with Crippen LogP contribution in [0.1, 0.15) is 6.92 Å². The van der Waals surface area contributed by atoms with E-state index in [9.17, 15) is 0 Å². The molecule has 0 N–H and O–H groups in total. The van der Waals surface area contributed by atoms with E-state index in [1.54, 1.807) is 0 Å². The molecule has 1 heterocycles. The molecule has 2 aromatic carbocycles. The molecule has 5 heteroatoms. The molecule has 2 aromatic rings. The summed E-state index contributed by atoms with van der Waals surface area (Å²) in [6.45, 7) is 6.85. The molecule has 1 radical (unpaired) electrons. The summed E-state index contributed by atoms with van der Waals surface area (Å²) in [6, 6.07) is 14.7. The number of benzene rings is 1. The fraction of sp³-hybridized carbons (Fsp3) is 0.200. The predicted molar refractivity (Wildman–Crippen MR) is 104 cm³/mol. The van der Waals surface area contributed by atoms with Crippen LogP contribution in [-0.2, 0) is 26.2 Å². The third-order valence-corrected chi connectivity index (χ3v) is 6.10. The Labute approximate surface area is 188 Å². The zero-order valence-electron chi connectivity index (χ0n) is 14.6.